The number of aliphatic hydroxyl groups is 1. The summed E-state index contributed by atoms with van der Waals surface area (Å²) in [5.74, 6) is 0. The van der Waals surface area contributed by atoms with Crippen LogP contribution >= 0.6 is 0 Å². The van der Waals surface area contributed by atoms with Crippen molar-refractivity contribution < 1.29 is 5.11 Å². The van der Waals surface area contributed by atoms with Gasteiger partial charge in [0.15, 0.2) is 0 Å². The van der Waals surface area contributed by atoms with E-state index in [0.717, 1.165) is 25.9 Å². The molecule has 1 saturated carbocycles. The molecule has 2 aliphatic rings. The van der Waals surface area contributed by atoms with Crippen LogP contribution in [0.15, 0.2) is 24.3 Å². The fraction of sp³-hybridized carbons (Fsp3) is 0.647. The third-order valence-electron chi connectivity index (χ3n) is 4.76. The lowest BCUT2D eigenvalue weighted by Crippen LogP contribution is -2.47. The van der Waals surface area contributed by atoms with Crippen LogP contribution in [0.1, 0.15) is 44.6 Å². The first-order chi connectivity index (χ1) is 9.75. The molecule has 3 nitrogen and oxygen atoms in total. The molecule has 1 fully saturated rings. The van der Waals surface area contributed by atoms with Crippen LogP contribution in [-0.2, 0) is 6.54 Å². The highest BCUT2D eigenvalue weighted by Gasteiger charge is 2.30. The molecular formula is C17H26N2O. The second-order valence-electron chi connectivity index (χ2n) is 6.34. The summed E-state index contributed by atoms with van der Waals surface area (Å²) in [5.41, 5.74) is 2.67. The van der Waals surface area contributed by atoms with Gasteiger partial charge in [0, 0.05) is 24.8 Å². The summed E-state index contributed by atoms with van der Waals surface area (Å²) in [4.78, 5) is 2.47. The second kappa shape index (κ2) is 6.15. The Kier molecular flexibility index (Phi) is 4.27. The van der Waals surface area contributed by atoms with Gasteiger partial charge in [-0.25, -0.2) is 0 Å². The van der Waals surface area contributed by atoms with Crippen molar-refractivity contribution in [1.82, 2.24) is 5.32 Å². The number of hydrogen-bond donors (Lipinski definition) is 2. The van der Waals surface area contributed by atoms with Crippen molar-refractivity contribution in [3.05, 3.63) is 29.8 Å². The lowest BCUT2D eigenvalue weighted by molar-refractivity contribution is 0.132. The van der Waals surface area contributed by atoms with Gasteiger partial charge in [0.2, 0.25) is 0 Å². The van der Waals surface area contributed by atoms with Crippen LogP contribution in [0.2, 0.25) is 0 Å². The van der Waals surface area contributed by atoms with Crippen molar-refractivity contribution in [2.24, 2.45) is 0 Å². The first-order valence-electron chi connectivity index (χ1n) is 8.01. The molecule has 0 radical (unpaired) electrons. The fourth-order valence-corrected chi connectivity index (χ4v) is 3.63. The fourth-order valence-electron chi connectivity index (χ4n) is 3.63. The number of aliphatic hydroxyl groups excluding tert-OH is 1. The van der Waals surface area contributed by atoms with E-state index in [1.807, 2.05) is 0 Å². The summed E-state index contributed by atoms with van der Waals surface area (Å²) in [7, 11) is 0. The molecule has 0 aromatic heterocycles. The molecule has 3 atom stereocenters. The molecule has 1 aliphatic heterocycles. The van der Waals surface area contributed by atoms with Gasteiger partial charge >= 0.3 is 0 Å². The number of hydrogen-bond acceptors (Lipinski definition) is 3. The molecule has 1 aliphatic carbocycles. The molecule has 0 bridgehead atoms. The van der Waals surface area contributed by atoms with Crippen LogP contribution in [0.4, 0.5) is 5.69 Å². The minimum atomic E-state index is -0.184. The maximum absolute atomic E-state index is 10.5. The Balaban J connectivity index is 1.92. The number of nitrogens with zero attached hydrogens (tertiary/aromatic N) is 1. The smallest absolute Gasteiger partial charge is 0.0743 e. The molecule has 1 aromatic carbocycles. The number of nitrogens with one attached hydrogen (secondary N) is 1. The summed E-state index contributed by atoms with van der Waals surface area (Å²) < 4.78 is 0. The Bertz CT molecular complexity index is 448. The molecule has 20 heavy (non-hydrogen) atoms. The Morgan fingerprint density at radius 1 is 1.15 bits per heavy atom. The van der Waals surface area contributed by atoms with Gasteiger partial charge in [-0.15, -0.1) is 0 Å². The van der Waals surface area contributed by atoms with Crippen LogP contribution in [0.25, 0.3) is 0 Å². The highest BCUT2D eigenvalue weighted by molar-refractivity contribution is 5.55. The van der Waals surface area contributed by atoms with Crippen LogP contribution in [0.3, 0.4) is 0 Å². The maximum atomic E-state index is 10.5. The van der Waals surface area contributed by atoms with Gasteiger partial charge in [0.1, 0.15) is 0 Å². The monoisotopic (exact) mass is 274 g/mol. The number of rotatable bonds is 1. The third kappa shape index (κ3) is 2.84. The van der Waals surface area contributed by atoms with Crippen molar-refractivity contribution in [2.45, 2.75) is 63.8 Å². The number of para-hydroxylation sites is 1. The Labute approximate surface area is 122 Å². The predicted molar refractivity (Wildman–Crippen MR) is 83.0 cm³/mol. The molecule has 1 heterocycles. The maximum Gasteiger partial charge on any atom is 0.0743 e. The normalized spacial score (nSPS) is 31.3. The summed E-state index contributed by atoms with van der Waals surface area (Å²) in [6.45, 7) is 4.15. The molecule has 1 aromatic rings. The summed E-state index contributed by atoms with van der Waals surface area (Å²) in [6, 6.07) is 9.38. The average Bonchev–Trinajstić information content (AvgIpc) is 2.76. The first-order valence-corrected chi connectivity index (χ1v) is 8.01. The van der Waals surface area contributed by atoms with Crippen molar-refractivity contribution in [3.8, 4) is 0 Å². The molecule has 2 N–H and O–H groups in total. The van der Waals surface area contributed by atoms with Crippen LogP contribution < -0.4 is 10.2 Å². The van der Waals surface area contributed by atoms with E-state index in [-0.39, 0.29) is 12.1 Å². The molecule has 3 rings (SSSR count). The number of benzene rings is 1. The lowest BCUT2D eigenvalue weighted by atomic mass is 10.0. The summed E-state index contributed by atoms with van der Waals surface area (Å²) >= 11 is 0. The van der Waals surface area contributed by atoms with Gasteiger partial charge in [-0.1, -0.05) is 37.5 Å². The minimum Gasteiger partial charge on any atom is -0.391 e. The molecule has 0 spiro atoms. The van der Waals surface area contributed by atoms with Crippen LogP contribution in [-0.4, -0.2) is 29.8 Å². The van der Waals surface area contributed by atoms with Crippen molar-refractivity contribution >= 4 is 5.69 Å². The highest BCUT2D eigenvalue weighted by atomic mass is 16.3. The van der Waals surface area contributed by atoms with E-state index < -0.39 is 0 Å². The molecule has 0 amide bonds. The van der Waals surface area contributed by atoms with Gasteiger partial charge in [-0.2, -0.15) is 0 Å². The average molecular weight is 274 g/mol. The largest absolute Gasteiger partial charge is 0.391 e. The van der Waals surface area contributed by atoms with Crippen molar-refractivity contribution in [1.29, 1.82) is 0 Å². The minimum absolute atomic E-state index is 0.184. The van der Waals surface area contributed by atoms with Gasteiger partial charge < -0.3 is 15.3 Å². The van der Waals surface area contributed by atoms with Gasteiger partial charge in [-0.3, -0.25) is 0 Å². The molecule has 110 valence electrons. The predicted octanol–water partition coefficient (Wildman–Crippen LogP) is 2.68. The number of anilines is 1. The Hall–Kier alpha value is -1.06. The first kappa shape index (κ1) is 13.9. The van der Waals surface area contributed by atoms with E-state index in [2.05, 4.69) is 41.4 Å². The quantitative estimate of drug-likeness (QED) is 0.773. The lowest BCUT2D eigenvalue weighted by Gasteiger charge is -2.37. The molecule has 0 saturated heterocycles. The zero-order valence-electron chi connectivity index (χ0n) is 12.4. The zero-order valence-corrected chi connectivity index (χ0v) is 12.4. The zero-order chi connectivity index (χ0) is 13.9. The van der Waals surface area contributed by atoms with Gasteiger partial charge in [0.25, 0.3) is 0 Å². The van der Waals surface area contributed by atoms with E-state index in [1.165, 1.54) is 30.5 Å². The Morgan fingerprint density at radius 3 is 2.85 bits per heavy atom. The second-order valence-corrected chi connectivity index (χ2v) is 6.34. The van der Waals surface area contributed by atoms with Gasteiger partial charge in [0.05, 0.1) is 12.1 Å². The van der Waals surface area contributed by atoms with Crippen LogP contribution in [0.5, 0.6) is 0 Å². The van der Waals surface area contributed by atoms with E-state index >= 15 is 0 Å². The summed E-state index contributed by atoms with van der Waals surface area (Å²) in [6.07, 6.45) is 5.55. The molecule has 3 unspecified atom stereocenters. The molecular weight excluding hydrogens is 248 g/mol. The van der Waals surface area contributed by atoms with E-state index in [9.17, 15) is 5.11 Å². The van der Waals surface area contributed by atoms with Crippen LogP contribution in [0, 0.1) is 0 Å². The SMILES string of the molecule is CC1CN(C2CCCCCC2O)c2ccccc2CN1. The van der Waals surface area contributed by atoms with Crippen molar-refractivity contribution in [2.75, 3.05) is 11.4 Å². The standard InChI is InChI=1S/C17H26N2O/c1-13-12-19(16-9-3-2-4-10-17(16)20)15-8-6-5-7-14(15)11-18-13/h5-8,13,16-18,20H,2-4,9-12H2,1H3. The topological polar surface area (TPSA) is 35.5 Å². The summed E-state index contributed by atoms with van der Waals surface area (Å²) in [5, 5.41) is 14.1. The van der Waals surface area contributed by atoms with E-state index in [0.29, 0.717) is 6.04 Å². The highest BCUT2D eigenvalue weighted by Crippen LogP contribution is 2.31. The van der Waals surface area contributed by atoms with Gasteiger partial charge in [-0.05, 0) is 31.4 Å². The number of fused-ring (bicyclic) bond motifs is 1. The van der Waals surface area contributed by atoms with E-state index in [1.54, 1.807) is 0 Å². The Morgan fingerprint density at radius 2 is 1.95 bits per heavy atom. The van der Waals surface area contributed by atoms with Crippen molar-refractivity contribution in [3.63, 3.8) is 0 Å². The molecule has 3 heteroatoms. The third-order valence-corrected chi connectivity index (χ3v) is 4.76. The van der Waals surface area contributed by atoms with E-state index in [4.69, 9.17) is 0 Å².